The van der Waals surface area contributed by atoms with Gasteiger partial charge in [-0.05, 0) is 43.2 Å². The van der Waals surface area contributed by atoms with Crippen molar-refractivity contribution in [3.63, 3.8) is 0 Å². The third-order valence-corrected chi connectivity index (χ3v) is 6.11. The van der Waals surface area contributed by atoms with E-state index in [1.54, 1.807) is 6.08 Å². The number of amides is 2. The summed E-state index contributed by atoms with van der Waals surface area (Å²) in [4.78, 5) is 38.2. The highest BCUT2D eigenvalue weighted by molar-refractivity contribution is 5.86. The number of aliphatic hydroxyl groups excluding tert-OH is 1. The Balaban J connectivity index is 1.95. The van der Waals surface area contributed by atoms with E-state index in [0.717, 1.165) is 24.0 Å². The summed E-state index contributed by atoms with van der Waals surface area (Å²) in [5, 5.41) is 15.4. The standard InChI is InChI=1S/C31H40N2O5/c1-3-5-6-13-19-30(36)38-28(25-17-11-8-12-18-25)22-32-31(37)26(14-4-2)21-29(35)33-27(23-34)20-24-15-9-7-10-16-24/h3-4,7-12,15-18,26-28,34H,1-2,5-6,13-14,19-23H2,(H,32,37)(H,33,35)/t26-,27-,28+/m1/s1. The molecule has 2 aromatic carbocycles. The maximum Gasteiger partial charge on any atom is 0.306 e. The second-order valence-electron chi connectivity index (χ2n) is 9.23. The molecule has 0 unspecified atom stereocenters. The van der Waals surface area contributed by atoms with Gasteiger partial charge in [-0.3, -0.25) is 14.4 Å². The number of carbonyl (C=O) groups is 3. The zero-order valence-electron chi connectivity index (χ0n) is 22.0. The van der Waals surface area contributed by atoms with Gasteiger partial charge in [-0.25, -0.2) is 0 Å². The SMILES string of the molecule is C=CCCCCC(=O)O[C@@H](CNC(=O)[C@H](CC=C)CC(=O)N[C@@H](CO)Cc1ccccc1)c1ccccc1. The second kappa shape index (κ2) is 17.7. The van der Waals surface area contributed by atoms with Gasteiger partial charge in [0.15, 0.2) is 0 Å². The highest BCUT2D eigenvalue weighted by atomic mass is 16.5. The van der Waals surface area contributed by atoms with Crippen molar-refractivity contribution in [1.29, 1.82) is 0 Å². The number of ether oxygens (including phenoxy) is 1. The van der Waals surface area contributed by atoms with E-state index in [0.29, 0.717) is 25.7 Å². The fourth-order valence-corrected chi connectivity index (χ4v) is 4.06. The van der Waals surface area contributed by atoms with Crippen molar-refractivity contribution in [2.24, 2.45) is 5.92 Å². The van der Waals surface area contributed by atoms with E-state index < -0.39 is 18.1 Å². The van der Waals surface area contributed by atoms with Gasteiger partial charge in [-0.1, -0.05) is 72.8 Å². The molecule has 7 heteroatoms. The molecule has 0 radical (unpaired) electrons. The molecule has 0 aliphatic heterocycles. The van der Waals surface area contributed by atoms with E-state index in [1.807, 2.05) is 66.7 Å². The Morgan fingerprint density at radius 2 is 1.63 bits per heavy atom. The number of benzene rings is 2. The summed E-state index contributed by atoms with van der Waals surface area (Å²) in [6.45, 7) is 7.28. The summed E-state index contributed by atoms with van der Waals surface area (Å²) in [6, 6.07) is 18.4. The smallest absolute Gasteiger partial charge is 0.306 e. The van der Waals surface area contributed by atoms with Crippen LogP contribution in [0.2, 0.25) is 0 Å². The molecular weight excluding hydrogens is 480 g/mol. The van der Waals surface area contributed by atoms with Crippen molar-refractivity contribution in [3.05, 3.63) is 97.1 Å². The van der Waals surface area contributed by atoms with Crippen molar-refractivity contribution in [2.75, 3.05) is 13.2 Å². The van der Waals surface area contributed by atoms with E-state index in [9.17, 15) is 19.5 Å². The van der Waals surface area contributed by atoms with E-state index in [2.05, 4.69) is 23.8 Å². The van der Waals surface area contributed by atoms with Gasteiger partial charge in [-0.2, -0.15) is 0 Å². The number of nitrogens with one attached hydrogen (secondary N) is 2. The molecule has 0 fully saturated rings. The molecule has 0 spiro atoms. The van der Waals surface area contributed by atoms with Crippen LogP contribution in [0.3, 0.4) is 0 Å². The van der Waals surface area contributed by atoms with Crippen LogP contribution in [0.1, 0.15) is 55.8 Å². The Labute approximate surface area is 226 Å². The molecule has 0 aromatic heterocycles. The minimum atomic E-state index is -0.644. The molecule has 38 heavy (non-hydrogen) atoms. The number of aliphatic hydroxyl groups is 1. The summed E-state index contributed by atoms with van der Waals surface area (Å²) in [5.41, 5.74) is 1.77. The minimum absolute atomic E-state index is 0.0533. The van der Waals surface area contributed by atoms with Gasteiger partial charge in [-0.15, -0.1) is 13.2 Å². The van der Waals surface area contributed by atoms with Crippen LogP contribution in [0.4, 0.5) is 0 Å². The molecule has 0 aliphatic rings. The number of allylic oxidation sites excluding steroid dienone is 2. The molecule has 7 nitrogen and oxygen atoms in total. The average Bonchev–Trinajstić information content (AvgIpc) is 2.93. The highest BCUT2D eigenvalue weighted by Gasteiger charge is 2.24. The maximum absolute atomic E-state index is 13.0. The van der Waals surface area contributed by atoms with Crippen molar-refractivity contribution >= 4 is 17.8 Å². The van der Waals surface area contributed by atoms with Gasteiger partial charge in [0, 0.05) is 12.8 Å². The first-order valence-electron chi connectivity index (χ1n) is 13.1. The van der Waals surface area contributed by atoms with Crippen LogP contribution in [0.15, 0.2) is 86.0 Å². The van der Waals surface area contributed by atoms with Crippen LogP contribution in [0.5, 0.6) is 0 Å². The lowest BCUT2D eigenvalue weighted by Gasteiger charge is -2.22. The molecule has 0 saturated heterocycles. The third-order valence-electron chi connectivity index (χ3n) is 6.11. The van der Waals surface area contributed by atoms with Gasteiger partial charge in [0.1, 0.15) is 6.10 Å². The Morgan fingerprint density at radius 3 is 2.26 bits per heavy atom. The van der Waals surface area contributed by atoms with Crippen LogP contribution in [-0.2, 0) is 25.5 Å². The lowest BCUT2D eigenvalue weighted by atomic mass is 9.98. The third kappa shape index (κ3) is 11.6. The normalized spacial score (nSPS) is 13.0. The van der Waals surface area contributed by atoms with Crippen LogP contribution in [-0.4, -0.2) is 42.1 Å². The molecule has 0 aliphatic carbocycles. The number of esters is 1. The number of hydrogen-bond donors (Lipinski definition) is 3. The lowest BCUT2D eigenvalue weighted by molar-refractivity contribution is -0.150. The lowest BCUT2D eigenvalue weighted by Crippen LogP contribution is -2.42. The Morgan fingerprint density at radius 1 is 0.947 bits per heavy atom. The van der Waals surface area contributed by atoms with E-state index in [-0.39, 0.29) is 37.4 Å². The summed E-state index contributed by atoms with van der Waals surface area (Å²) in [6.07, 6.45) is 6.21. The first kappa shape index (κ1) is 30.5. The number of unbranched alkanes of at least 4 members (excludes halogenated alkanes) is 2. The monoisotopic (exact) mass is 520 g/mol. The highest BCUT2D eigenvalue weighted by Crippen LogP contribution is 2.19. The maximum atomic E-state index is 13.0. The Bertz CT molecular complexity index is 1010. The fourth-order valence-electron chi connectivity index (χ4n) is 4.06. The zero-order chi connectivity index (χ0) is 27.6. The van der Waals surface area contributed by atoms with Crippen LogP contribution in [0, 0.1) is 5.92 Å². The van der Waals surface area contributed by atoms with Crippen LogP contribution in [0.25, 0.3) is 0 Å². The largest absolute Gasteiger partial charge is 0.456 e. The summed E-state index contributed by atoms with van der Waals surface area (Å²) in [7, 11) is 0. The van der Waals surface area contributed by atoms with E-state index in [4.69, 9.17) is 4.74 Å². The van der Waals surface area contributed by atoms with Gasteiger partial charge >= 0.3 is 5.97 Å². The van der Waals surface area contributed by atoms with Gasteiger partial charge in [0.2, 0.25) is 11.8 Å². The zero-order valence-corrected chi connectivity index (χ0v) is 22.0. The van der Waals surface area contributed by atoms with Gasteiger partial charge < -0.3 is 20.5 Å². The molecule has 0 heterocycles. The van der Waals surface area contributed by atoms with Gasteiger partial charge in [0.05, 0.1) is 25.1 Å². The molecule has 204 valence electrons. The first-order valence-corrected chi connectivity index (χ1v) is 13.1. The van der Waals surface area contributed by atoms with Crippen molar-refractivity contribution in [2.45, 2.75) is 57.1 Å². The van der Waals surface area contributed by atoms with Crippen LogP contribution < -0.4 is 10.6 Å². The van der Waals surface area contributed by atoms with Crippen molar-refractivity contribution in [1.82, 2.24) is 10.6 Å². The predicted molar refractivity (Wildman–Crippen MR) is 149 cm³/mol. The van der Waals surface area contributed by atoms with Gasteiger partial charge in [0.25, 0.3) is 0 Å². The molecule has 2 amide bonds. The van der Waals surface area contributed by atoms with Crippen LogP contribution >= 0.6 is 0 Å². The second-order valence-corrected chi connectivity index (χ2v) is 9.23. The predicted octanol–water partition coefficient (Wildman–Crippen LogP) is 4.44. The molecule has 2 aromatic rings. The topological polar surface area (TPSA) is 105 Å². The quantitative estimate of drug-likeness (QED) is 0.153. The van der Waals surface area contributed by atoms with Crippen molar-refractivity contribution in [3.8, 4) is 0 Å². The summed E-state index contributed by atoms with van der Waals surface area (Å²) < 4.78 is 5.71. The van der Waals surface area contributed by atoms with E-state index in [1.165, 1.54) is 0 Å². The Hall–Kier alpha value is -3.71. The average molecular weight is 521 g/mol. The number of carbonyl (C=O) groups excluding carboxylic acids is 3. The molecule has 0 saturated carbocycles. The fraction of sp³-hybridized carbons (Fsp3) is 0.387. The summed E-state index contributed by atoms with van der Waals surface area (Å²) >= 11 is 0. The molecule has 2 rings (SSSR count). The first-order chi connectivity index (χ1) is 18.5. The Kier molecular flexibility index (Phi) is 14.2. The molecule has 3 N–H and O–H groups in total. The molecule has 0 bridgehead atoms. The minimum Gasteiger partial charge on any atom is -0.456 e. The number of hydrogen-bond acceptors (Lipinski definition) is 5. The molecule has 3 atom stereocenters. The van der Waals surface area contributed by atoms with E-state index >= 15 is 0 Å². The summed E-state index contributed by atoms with van der Waals surface area (Å²) in [5.74, 6) is -1.62. The number of rotatable bonds is 18. The van der Waals surface area contributed by atoms with Crippen molar-refractivity contribution < 1.29 is 24.2 Å². The molecular formula is C31H40N2O5.